The Morgan fingerprint density at radius 3 is 2.59 bits per heavy atom. The van der Waals surface area contributed by atoms with Gasteiger partial charge in [-0.3, -0.25) is 4.79 Å². The summed E-state index contributed by atoms with van der Waals surface area (Å²) in [5.41, 5.74) is 6.68. The molecule has 0 spiro atoms. The van der Waals surface area contributed by atoms with Crippen molar-refractivity contribution < 1.29 is 23.0 Å². The van der Waals surface area contributed by atoms with Crippen molar-refractivity contribution in [3.63, 3.8) is 0 Å². The van der Waals surface area contributed by atoms with E-state index in [-0.39, 0.29) is 47.7 Å². The summed E-state index contributed by atoms with van der Waals surface area (Å²) in [5, 5.41) is 0. The van der Waals surface area contributed by atoms with Gasteiger partial charge in [0, 0.05) is 18.5 Å². The first kappa shape index (κ1) is 21.7. The fraction of sp³-hybridized carbons (Fsp3) is 0.632. The minimum absolute atomic E-state index is 0. The van der Waals surface area contributed by atoms with Gasteiger partial charge in [0.25, 0.3) is 0 Å². The van der Waals surface area contributed by atoms with E-state index in [0.717, 1.165) is 37.7 Å². The van der Waals surface area contributed by atoms with Gasteiger partial charge in [-0.25, -0.2) is 0 Å². The van der Waals surface area contributed by atoms with Crippen molar-refractivity contribution in [3.05, 3.63) is 23.8 Å². The predicted octanol–water partition coefficient (Wildman–Crippen LogP) is 3.58. The second-order valence-electron chi connectivity index (χ2n) is 7.09. The second-order valence-corrected chi connectivity index (χ2v) is 7.09. The van der Waals surface area contributed by atoms with Crippen molar-refractivity contribution in [3.8, 4) is 11.5 Å². The second kappa shape index (κ2) is 9.55. The molecular formula is C19H27ClF2N2O3. The average molecular weight is 405 g/mol. The summed E-state index contributed by atoms with van der Waals surface area (Å²) in [6.45, 7) is -1.92. The molecule has 1 aromatic carbocycles. The zero-order valence-electron chi connectivity index (χ0n) is 15.4. The van der Waals surface area contributed by atoms with E-state index in [1.165, 1.54) is 13.2 Å². The van der Waals surface area contributed by atoms with Crippen LogP contribution in [0.3, 0.4) is 0 Å². The van der Waals surface area contributed by atoms with Crippen LogP contribution in [-0.2, 0) is 11.3 Å². The van der Waals surface area contributed by atoms with Crippen LogP contribution in [0.4, 0.5) is 8.78 Å². The molecule has 0 bridgehead atoms. The van der Waals surface area contributed by atoms with E-state index in [2.05, 4.69) is 4.74 Å². The molecule has 2 aliphatic rings. The van der Waals surface area contributed by atoms with Gasteiger partial charge in [-0.15, -0.1) is 12.4 Å². The van der Waals surface area contributed by atoms with Crippen LogP contribution in [0, 0.1) is 11.8 Å². The third-order valence-corrected chi connectivity index (χ3v) is 5.35. The molecule has 1 amide bonds. The maximum absolute atomic E-state index is 13.1. The van der Waals surface area contributed by atoms with Gasteiger partial charge >= 0.3 is 6.61 Å². The van der Waals surface area contributed by atoms with Crippen LogP contribution in [0.5, 0.6) is 11.5 Å². The van der Waals surface area contributed by atoms with E-state index in [4.69, 9.17) is 10.5 Å². The van der Waals surface area contributed by atoms with E-state index in [0.29, 0.717) is 13.1 Å². The average Bonchev–Trinajstić information content (AvgIpc) is 3.35. The van der Waals surface area contributed by atoms with Crippen LogP contribution in [-0.4, -0.2) is 37.1 Å². The maximum atomic E-state index is 13.1. The van der Waals surface area contributed by atoms with Gasteiger partial charge in [0.1, 0.15) is 0 Å². The highest BCUT2D eigenvalue weighted by Crippen LogP contribution is 2.37. The summed E-state index contributed by atoms with van der Waals surface area (Å²) < 4.78 is 34.6. The summed E-state index contributed by atoms with van der Waals surface area (Å²) >= 11 is 0. The lowest BCUT2D eigenvalue weighted by Crippen LogP contribution is -2.40. The molecule has 0 aromatic heterocycles. The molecule has 27 heavy (non-hydrogen) atoms. The fourth-order valence-corrected chi connectivity index (χ4v) is 3.83. The minimum atomic E-state index is -2.91. The molecule has 2 saturated carbocycles. The molecule has 2 atom stereocenters. The number of hydrogen-bond acceptors (Lipinski definition) is 4. The quantitative estimate of drug-likeness (QED) is 0.719. The molecule has 1 aromatic rings. The largest absolute Gasteiger partial charge is 0.493 e. The molecule has 2 fully saturated rings. The lowest BCUT2D eigenvalue weighted by Gasteiger charge is -2.28. The number of methoxy groups -OCH3 is 1. The number of halogens is 3. The molecule has 0 radical (unpaired) electrons. The maximum Gasteiger partial charge on any atom is 0.387 e. The van der Waals surface area contributed by atoms with E-state index >= 15 is 0 Å². The first-order valence-corrected chi connectivity index (χ1v) is 9.15. The predicted molar refractivity (Wildman–Crippen MR) is 100 cm³/mol. The van der Waals surface area contributed by atoms with Crippen molar-refractivity contribution in [2.75, 3.05) is 13.7 Å². The highest BCUT2D eigenvalue weighted by Gasteiger charge is 2.40. The molecule has 3 rings (SSSR count). The number of alkyl halides is 2. The summed E-state index contributed by atoms with van der Waals surface area (Å²) in [4.78, 5) is 15.0. The van der Waals surface area contributed by atoms with Gasteiger partial charge in [0.05, 0.1) is 7.11 Å². The number of amides is 1. The van der Waals surface area contributed by atoms with Crippen LogP contribution in [0.1, 0.15) is 37.7 Å². The third kappa shape index (κ3) is 5.23. The monoisotopic (exact) mass is 404 g/mol. The molecule has 8 heteroatoms. The Hall–Kier alpha value is -1.60. The summed E-state index contributed by atoms with van der Waals surface area (Å²) in [7, 11) is 1.41. The minimum Gasteiger partial charge on any atom is -0.493 e. The fourth-order valence-electron chi connectivity index (χ4n) is 3.83. The molecule has 2 N–H and O–H groups in total. The van der Waals surface area contributed by atoms with Gasteiger partial charge in [-0.05, 0) is 55.8 Å². The van der Waals surface area contributed by atoms with E-state index < -0.39 is 6.61 Å². The van der Waals surface area contributed by atoms with E-state index in [1.807, 2.05) is 4.90 Å². The number of benzene rings is 1. The smallest absolute Gasteiger partial charge is 0.387 e. The molecular weight excluding hydrogens is 378 g/mol. The Morgan fingerprint density at radius 2 is 2.00 bits per heavy atom. The number of nitrogens with zero attached hydrogens (tertiary/aromatic N) is 1. The zero-order chi connectivity index (χ0) is 18.7. The van der Waals surface area contributed by atoms with Gasteiger partial charge in [0.15, 0.2) is 11.5 Å². The first-order valence-electron chi connectivity index (χ1n) is 9.15. The Labute approximate surface area is 164 Å². The summed E-state index contributed by atoms with van der Waals surface area (Å²) in [5.74, 6) is 0.678. The SMILES string of the molecule is COc1cc(CN(C(=O)[C@@H]2CCC[C@@H]2CN)C2CC2)ccc1OC(F)F.Cl. The van der Waals surface area contributed by atoms with Crippen molar-refractivity contribution in [2.45, 2.75) is 51.3 Å². The molecule has 0 heterocycles. The highest BCUT2D eigenvalue weighted by molar-refractivity contribution is 5.85. The lowest BCUT2D eigenvalue weighted by molar-refractivity contribution is -0.137. The number of rotatable bonds is 8. The molecule has 0 saturated heterocycles. The van der Waals surface area contributed by atoms with Crippen LogP contribution in [0.25, 0.3) is 0 Å². The number of nitrogens with two attached hydrogens (primary N) is 1. The van der Waals surface area contributed by atoms with Crippen LogP contribution in [0.15, 0.2) is 18.2 Å². The normalized spacial score (nSPS) is 21.7. The third-order valence-electron chi connectivity index (χ3n) is 5.35. The van der Waals surface area contributed by atoms with E-state index in [1.54, 1.807) is 12.1 Å². The molecule has 152 valence electrons. The van der Waals surface area contributed by atoms with Crippen LogP contribution < -0.4 is 15.2 Å². The molecule has 2 aliphatic carbocycles. The Bertz CT molecular complexity index is 643. The van der Waals surface area contributed by atoms with Crippen molar-refractivity contribution in [2.24, 2.45) is 17.6 Å². The summed E-state index contributed by atoms with van der Waals surface area (Å²) in [6, 6.07) is 5.10. The highest BCUT2D eigenvalue weighted by atomic mass is 35.5. The molecule has 0 unspecified atom stereocenters. The zero-order valence-corrected chi connectivity index (χ0v) is 16.2. The standard InChI is InChI=1S/C19H26F2N2O3.ClH/c1-25-17-9-12(5-8-16(17)26-19(20)21)11-23(14-6-7-14)18(24)15-4-2-3-13(15)10-22;/h5,8-9,13-15,19H,2-4,6-7,10-11,22H2,1H3;1H/t13-,15-;/m1./s1. The number of carbonyl (C=O) groups is 1. The van der Waals surface area contributed by atoms with Crippen molar-refractivity contribution in [1.29, 1.82) is 0 Å². The molecule has 0 aliphatic heterocycles. The topological polar surface area (TPSA) is 64.8 Å². The van der Waals surface area contributed by atoms with Crippen LogP contribution in [0.2, 0.25) is 0 Å². The molecule has 5 nitrogen and oxygen atoms in total. The number of carbonyl (C=O) groups excluding carboxylic acids is 1. The number of hydrogen-bond donors (Lipinski definition) is 1. The summed E-state index contributed by atoms with van der Waals surface area (Å²) in [6.07, 6.45) is 4.97. The van der Waals surface area contributed by atoms with Crippen LogP contribution >= 0.6 is 12.4 Å². The Morgan fingerprint density at radius 1 is 1.26 bits per heavy atom. The van der Waals surface area contributed by atoms with Gasteiger partial charge in [0.2, 0.25) is 5.91 Å². The van der Waals surface area contributed by atoms with Crippen molar-refractivity contribution >= 4 is 18.3 Å². The number of ether oxygens (including phenoxy) is 2. The van der Waals surface area contributed by atoms with Gasteiger partial charge < -0.3 is 20.1 Å². The van der Waals surface area contributed by atoms with Crippen molar-refractivity contribution in [1.82, 2.24) is 4.90 Å². The lowest BCUT2D eigenvalue weighted by atomic mass is 9.94. The van der Waals surface area contributed by atoms with Gasteiger partial charge in [-0.2, -0.15) is 8.78 Å². The Kier molecular flexibility index (Phi) is 7.68. The Balaban J connectivity index is 0.00000261. The van der Waals surface area contributed by atoms with E-state index in [9.17, 15) is 13.6 Å². The first-order chi connectivity index (χ1) is 12.5. The van der Waals surface area contributed by atoms with Gasteiger partial charge in [-0.1, -0.05) is 12.5 Å².